The smallest absolute Gasteiger partial charge is 0.139 e. The van der Waals surface area contributed by atoms with Gasteiger partial charge in [-0.3, -0.25) is 0 Å². The van der Waals surface area contributed by atoms with Crippen molar-refractivity contribution in [3.05, 3.63) is 58.9 Å². The molecule has 0 saturated heterocycles. The molecule has 1 aromatic carbocycles. The van der Waals surface area contributed by atoms with E-state index in [1.165, 1.54) is 5.56 Å². The summed E-state index contributed by atoms with van der Waals surface area (Å²) in [6, 6.07) is 11.7. The van der Waals surface area contributed by atoms with Crippen LogP contribution in [0.25, 0.3) is 16.9 Å². The van der Waals surface area contributed by atoms with E-state index in [0.717, 1.165) is 22.6 Å². The zero-order valence-corrected chi connectivity index (χ0v) is 12.1. The van der Waals surface area contributed by atoms with E-state index in [0.29, 0.717) is 5.02 Å². The summed E-state index contributed by atoms with van der Waals surface area (Å²) < 4.78 is 1.88. The molecular formula is C16H15ClN2O. The van der Waals surface area contributed by atoms with Gasteiger partial charge in [-0.15, -0.1) is 0 Å². The minimum absolute atomic E-state index is 0.609. The van der Waals surface area contributed by atoms with E-state index < -0.39 is 6.10 Å². The number of rotatable bonds is 2. The van der Waals surface area contributed by atoms with Crippen LogP contribution in [-0.4, -0.2) is 14.5 Å². The molecule has 0 amide bonds. The SMILES string of the molecule is Cc1ccc(-c2nc3cc(Cl)ccn3c2C(C)O)cc1. The average Bonchev–Trinajstić information content (AvgIpc) is 2.77. The van der Waals surface area contributed by atoms with Crippen molar-refractivity contribution in [3.8, 4) is 11.3 Å². The number of nitrogens with zero attached hydrogens (tertiary/aromatic N) is 2. The van der Waals surface area contributed by atoms with E-state index in [1.54, 1.807) is 19.1 Å². The van der Waals surface area contributed by atoms with E-state index >= 15 is 0 Å². The van der Waals surface area contributed by atoms with E-state index in [2.05, 4.69) is 4.98 Å². The van der Waals surface area contributed by atoms with Gasteiger partial charge in [0.2, 0.25) is 0 Å². The van der Waals surface area contributed by atoms with Crippen LogP contribution in [0, 0.1) is 6.92 Å². The number of aryl methyl sites for hydroxylation is 1. The molecule has 2 aromatic heterocycles. The van der Waals surface area contributed by atoms with Gasteiger partial charge in [0, 0.05) is 22.8 Å². The lowest BCUT2D eigenvalue weighted by molar-refractivity contribution is 0.194. The number of hydrogen-bond acceptors (Lipinski definition) is 2. The van der Waals surface area contributed by atoms with E-state index in [1.807, 2.05) is 41.8 Å². The maximum absolute atomic E-state index is 10.1. The van der Waals surface area contributed by atoms with Gasteiger partial charge in [0.1, 0.15) is 5.65 Å². The lowest BCUT2D eigenvalue weighted by atomic mass is 10.1. The largest absolute Gasteiger partial charge is 0.387 e. The molecule has 0 saturated carbocycles. The van der Waals surface area contributed by atoms with Crippen LogP contribution in [0.4, 0.5) is 0 Å². The Balaban J connectivity index is 2.28. The van der Waals surface area contributed by atoms with Crippen LogP contribution in [0.5, 0.6) is 0 Å². The van der Waals surface area contributed by atoms with E-state index in [4.69, 9.17) is 11.6 Å². The molecule has 0 fully saturated rings. The molecular weight excluding hydrogens is 272 g/mol. The fourth-order valence-corrected chi connectivity index (χ4v) is 2.52. The van der Waals surface area contributed by atoms with Crippen molar-refractivity contribution in [3.63, 3.8) is 0 Å². The normalized spacial score (nSPS) is 12.8. The molecule has 3 aromatic rings. The first-order chi connectivity index (χ1) is 9.56. The molecule has 1 unspecified atom stereocenters. The molecule has 102 valence electrons. The number of aliphatic hydroxyl groups is 1. The zero-order chi connectivity index (χ0) is 14.3. The number of hydrogen-bond donors (Lipinski definition) is 1. The molecule has 1 N–H and O–H groups in total. The summed E-state index contributed by atoms with van der Waals surface area (Å²) in [7, 11) is 0. The van der Waals surface area contributed by atoms with Crippen molar-refractivity contribution in [2.45, 2.75) is 20.0 Å². The van der Waals surface area contributed by atoms with Crippen molar-refractivity contribution >= 4 is 17.2 Å². The second-order valence-corrected chi connectivity index (χ2v) is 5.40. The van der Waals surface area contributed by atoms with Gasteiger partial charge in [-0.05, 0) is 19.9 Å². The topological polar surface area (TPSA) is 37.5 Å². The molecule has 0 aliphatic rings. The summed E-state index contributed by atoms with van der Waals surface area (Å²) in [6.07, 6.45) is 1.23. The number of pyridine rings is 1. The Bertz CT molecular complexity index is 760. The third-order valence-corrected chi connectivity index (χ3v) is 3.58. The lowest BCUT2D eigenvalue weighted by Crippen LogP contribution is -1.99. The minimum Gasteiger partial charge on any atom is -0.387 e. The molecule has 4 heteroatoms. The Labute approximate surface area is 122 Å². The number of fused-ring (bicyclic) bond motifs is 1. The third-order valence-electron chi connectivity index (χ3n) is 3.35. The first-order valence-electron chi connectivity index (χ1n) is 6.49. The first kappa shape index (κ1) is 13.2. The fraction of sp³-hybridized carbons (Fsp3) is 0.188. The van der Waals surface area contributed by atoms with Crippen molar-refractivity contribution in [2.24, 2.45) is 0 Å². The predicted octanol–water partition coefficient (Wildman–Crippen LogP) is 4.02. The molecule has 0 aliphatic heterocycles. The number of imidazole rings is 1. The second-order valence-electron chi connectivity index (χ2n) is 4.96. The molecule has 0 spiro atoms. The van der Waals surface area contributed by atoms with Crippen LogP contribution in [0.2, 0.25) is 5.02 Å². The summed E-state index contributed by atoms with van der Waals surface area (Å²) in [4.78, 5) is 4.61. The Morgan fingerprint density at radius 3 is 2.55 bits per heavy atom. The van der Waals surface area contributed by atoms with E-state index in [-0.39, 0.29) is 0 Å². The van der Waals surface area contributed by atoms with Gasteiger partial charge in [0.15, 0.2) is 0 Å². The van der Waals surface area contributed by atoms with Gasteiger partial charge >= 0.3 is 0 Å². The summed E-state index contributed by atoms with van der Waals surface area (Å²) in [6.45, 7) is 3.79. The minimum atomic E-state index is -0.609. The van der Waals surface area contributed by atoms with Gasteiger partial charge in [-0.25, -0.2) is 4.98 Å². The standard InChI is InChI=1S/C16H15ClN2O/c1-10-3-5-12(6-4-10)15-16(11(2)20)19-8-7-13(17)9-14(19)18-15/h3-9,11,20H,1-2H3. The lowest BCUT2D eigenvalue weighted by Gasteiger charge is -2.08. The van der Waals surface area contributed by atoms with Gasteiger partial charge in [0.25, 0.3) is 0 Å². The molecule has 3 rings (SSSR count). The zero-order valence-electron chi connectivity index (χ0n) is 11.3. The molecule has 0 aliphatic carbocycles. The maximum Gasteiger partial charge on any atom is 0.139 e. The fourth-order valence-electron chi connectivity index (χ4n) is 2.36. The number of halogens is 1. The summed E-state index contributed by atoms with van der Waals surface area (Å²) in [5.74, 6) is 0. The van der Waals surface area contributed by atoms with Gasteiger partial charge in [0.05, 0.1) is 17.5 Å². The highest BCUT2D eigenvalue weighted by Crippen LogP contribution is 2.30. The van der Waals surface area contributed by atoms with Crippen LogP contribution in [-0.2, 0) is 0 Å². The van der Waals surface area contributed by atoms with Gasteiger partial charge in [-0.2, -0.15) is 0 Å². The monoisotopic (exact) mass is 286 g/mol. The van der Waals surface area contributed by atoms with Crippen LogP contribution < -0.4 is 0 Å². The molecule has 1 atom stereocenters. The van der Waals surface area contributed by atoms with Crippen molar-refractivity contribution in [1.29, 1.82) is 0 Å². The Kier molecular flexibility index (Phi) is 3.24. The van der Waals surface area contributed by atoms with E-state index in [9.17, 15) is 5.11 Å². The quantitative estimate of drug-likeness (QED) is 0.773. The first-order valence-corrected chi connectivity index (χ1v) is 6.86. The Hall–Kier alpha value is -1.84. The van der Waals surface area contributed by atoms with Crippen molar-refractivity contribution in [1.82, 2.24) is 9.38 Å². The molecule has 0 radical (unpaired) electrons. The summed E-state index contributed by atoms with van der Waals surface area (Å²) in [5.41, 5.74) is 4.50. The van der Waals surface area contributed by atoms with Crippen LogP contribution >= 0.6 is 11.6 Å². The molecule has 20 heavy (non-hydrogen) atoms. The van der Waals surface area contributed by atoms with Crippen LogP contribution in [0.15, 0.2) is 42.6 Å². The third kappa shape index (κ3) is 2.19. The summed E-state index contributed by atoms with van der Waals surface area (Å²) in [5, 5.41) is 10.7. The Morgan fingerprint density at radius 2 is 1.90 bits per heavy atom. The molecule has 2 heterocycles. The van der Waals surface area contributed by atoms with Crippen molar-refractivity contribution in [2.75, 3.05) is 0 Å². The van der Waals surface area contributed by atoms with Crippen molar-refractivity contribution < 1.29 is 5.11 Å². The molecule has 0 bridgehead atoms. The highest BCUT2D eigenvalue weighted by molar-refractivity contribution is 6.30. The Morgan fingerprint density at radius 1 is 1.20 bits per heavy atom. The molecule has 3 nitrogen and oxygen atoms in total. The summed E-state index contributed by atoms with van der Waals surface area (Å²) >= 11 is 6.01. The predicted molar refractivity (Wildman–Crippen MR) is 81.0 cm³/mol. The van der Waals surface area contributed by atoms with Crippen LogP contribution in [0.3, 0.4) is 0 Å². The van der Waals surface area contributed by atoms with Gasteiger partial charge < -0.3 is 9.51 Å². The van der Waals surface area contributed by atoms with Gasteiger partial charge in [-0.1, -0.05) is 41.4 Å². The number of aliphatic hydroxyl groups excluding tert-OH is 1. The number of aromatic nitrogens is 2. The highest BCUT2D eigenvalue weighted by Gasteiger charge is 2.17. The maximum atomic E-state index is 10.1. The van der Waals surface area contributed by atoms with Crippen LogP contribution in [0.1, 0.15) is 24.3 Å². The second kappa shape index (κ2) is 4.93. The highest BCUT2D eigenvalue weighted by atomic mass is 35.5. The average molecular weight is 287 g/mol. The number of benzene rings is 1.